The lowest BCUT2D eigenvalue weighted by Gasteiger charge is -2.10. The molecule has 0 bridgehead atoms. The largest absolute Gasteiger partial charge is 0.426 e. The molecule has 9 heteroatoms. The molecule has 2 amide bonds. The molecule has 172 valence electrons. The first-order chi connectivity index (χ1) is 16.3. The average molecular weight is 459 g/mol. The van der Waals surface area contributed by atoms with Crippen molar-refractivity contribution in [3.05, 3.63) is 89.5 Å². The molecule has 0 radical (unpaired) electrons. The van der Waals surface area contributed by atoms with E-state index in [0.717, 1.165) is 0 Å². The Morgan fingerprint density at radius 3 is 2.12 bits per heavy atom. The van der Waals surface area contributed by atoms with Crippen LogP contribution in [-0.2, 0) is 9.59 Å². The van der Waals surface area contributed by atoms with E-state index in [2.05, 4.69) is 15.8 Å². The Kier molecular flexibility index (Phi) is 7.85. The molecule has 0 heterocycles. The maximum Gasteiger partial charge on any atom is 0.347 e. The molecule has 0 saturated heterocycles. The summed E-state index contributed by atoms with van der Waals surface area (Å²) in [5.74, 6) is -1.67. The summed E-state index contributed by atoms with van der Waals surface area (Å²) in [6.07, 6.45) is 1.34. The Labute approximate surface area is 195 Å². The highest BCUT2D eigenvalue weighted by Gasteiger charge is 2.17. The average Bonchev–Trinajstić information content (AvgIpc) is 2.80. The maximum atomic E-state index is 12.7. The van der Waals surface area contributed by atoms with Crippen LogP contribution >= 0.6 is 0 Å². The number of para-hydroxylation sites is 2. The van der Waals surface area contributed by atoms with Crippen LogP contribution < -0.4 is 20.2 Å². The van der Waals surface area contributed by atoms with Crippen molar-refractivity contribution < 1.29 is 28.7 Å². The molecule has 0 atom stereocenters. The van der Waals surface area contributed by atoms with Crippen molar-refractivity contribution in [2.45, 2.75) is 13.8 Å². The van der Waals surface area contributed by atoms with Crippen LogP contribution in [0.15, 0.2) is 77.9 Å². The van der Waals surface area contributed by atoms with Crippen LogP contribution in [-0.4, -0.2) is 30.0 Å². The molecule has 0 unspecified atom stereocenters. The van der Waals surface area contributed by atoms with Crippen molar-refractivity contribution in [2.24, 2.45) is 5.10 Å². The highest BCUT2D eigenvalue weighted by atomic mass is 16.5. The van der Waals surface area contributed by atoms with E-state index in [0.29, 0.717) is 16.8 Å². The molecule has 2 N–H and O–H groups in total. The van der Waals surface area contributed by atoms with Gasteiger partial charge in [0.2, 0.25) is 5.91 Å². The minimum atomic E-state index is -0.721. The Morgan fingerprint density at radius 1 is 0.794 bits per heavy atom. The fraction of sp³-hybridized carbons (Fsp3) is 0.0800. The number of amides is 2. The van der Waals surface area contributed by atoms with E-state index in [4.69, 9.17) is 9.47 Å². The molecule has 0 aliphatic rings. The van der Waals surface area contributed by atoms with Crippen molar-refractivity contribution in [3.8, 4) is 11.5 Å². The summed E-state index contributed by atoms with van der Waals surface area (Å²) >= 11 is 0. The van der Waals surface area contributed by atoms with E-state index in [9.17, 15) is 19.2 Å². The van der Waals surface area contributed by atoms with E-state index < -0.39 is 17.8 Å². The minimum Gasteiger partial charge on any atom is -0.426 e. The van der Waals surface area contributed by atoms with E-state index in [1.807, 2.05) is 0 Å². The van der Waals surface area contributed by atoms with Gasteiger partial charge >= 0.3 is 11.9 Å². The smallest absolute Gasteiger partial charge is 0.347 e. The lowest BCUT2D eigenvalue weighted by atomic mass is 10.2. The summed E-state index contributed by atoms with van der Waals surface area (Å²) in [5, 5.41) is 6.55. The normalized spacial score (nSPS) is 10.4. The molecule has 0 aromatic heterocycles. The zero-order valence-corrected chi connectivity index (χ0v) is 18.4. The van der Waals surface area contributed by atoms with Gasteiger partial charge < -0.3 is 14.8 Å². The van der Waals surface area contributed by atoms with Crippen LogP contribution in [0.4, 0.5) is 5.69 Å². The number of anilines is 1. The number of hydrogen-bond donors (Lipinski definition) is 2. The van der Waals surface area contributed by atoms with Gasteiger partial charge in [-0.15, -0.1) is 0 Å². The van der Waals surface area contributed by atoms with Crippen molar-refractivity contribution in [1.29, 1.82) is 0 Å². The molecule has 3 rings (SSSR count). The number of hydrogen-bond acceptors (Lipinski definition) is 7. The number of benzene rings is 3. The number of nitrogens with one attached hydrogen (secondary N) is 2. The fourth-order valence-corrected chi connectivity index (χ4v) is 2.85. The molecule has 0 spiro atoms. The molecular formula is C25H21N3O6. The summed E-state index contributed by atoms with van der Waals surface area (Å²) in [5.41, 5.74) is 3.82. The zero-order valence-electron chi connectivity index (χ0n) is 18.4. The highest BCUT2D eigenvalue weighted by Crippen LogP contribution is 2.23. The predicted octanol–water partition coefficient (Wildman–Crippen LogP) is 3.55. The van der Waals surface area contributed by atoms with Crippen LogP contribution in [0.1, 0.15) is 40.1 Å². The highest BCUT2D eigenvalue weighted by molar-refractivity contribution is 5.97. The maximum absolute atomic E-state index is 12.7. The molecular weight excluding hydrogens is 438 g/mol. The first-order valence-corrected chi connectivity index (χ1v) is 10.1. The number of carbonyl (C=O) groups excluding carboxylic acids is 4. The van der Waals surface area contributed by atoms with Gasteiger partial charge in [0.05, 0.1) is 6.21 Å². The predicted molar refractivity (Wildman–Crippen MR) is 125 cm³/mol. The summed E-state index contributed by atoms with van der Waals surface area (Å²) in [4.78, 5) is 47.4. The lowest BCUT2D eigenvalue weighted by molar-refractivity contribution is -0.131. The SMILES string of the molecule is CC(=O)Nc1ccc(C(=O)N/N=C/c2ccccc2OC(=O)c2ccccc2OC(C)=O)cc1. The summed E-state index contributed by atoms with van der Waals surface area (Å²) in [7, 11) is 0. The van der Waals surface area contributed by atoms with Gasteiger partial charge in [-0.05, 0) is 48.5 Å². The second-order valence-corrected chi connectivity index (χ2v) is 6.97. The number of esters is 2. The van der Waals surface area contributed by atoms with Crippen molar-refractivity contribution in [2.75, 3.05) is 5.32 Å². The summed E-state index contributed by atoms with van der Waals surface area (Å²) in [6.45, 7) is 2.63. The van der Waals surface area contributed by atoms with Gasteiger partial charge in [0, 0.05) is 30.7 Å². The first-order valence-electron chi connectivity index (χ1n) is 10.1. The Hall–Kier alpha value is -4.79. The number of hydrazone groups is 1. The van der Waals surface area contributed by atoms with Crippen molar-refractivity contribution in [1.82, 2.24) is 5.43 Å². The standard InChI is InChI=1S/C25H21N3O6/c1-16(29)27-20-13-11-18(12-14-20)24(31)28-26-15-19-7-3-5-9-22(19)34-25(32)21-8-4-6-10-23(21)33-17(2)30/h3-15H,1-2H3,(H,27,29)(H,28,31)/b26-15+. The van der Waals surface area contributed by atoms with Crippen LogP contribution in [0.5, 0.6) is 11.5 Å². The van der Waals surface area contributed by atoms with E-state index in [-0.39, 0.29) is 23.0 Å². The number of carbonyl (C=O) groups is 4. The van der Waals surface area contributed by atoms with Gasteiger partial charge in [-0.2, -0.15) is 5.10 Å². The molecule has 34 heavy (non-hydrogen) atoms. The molecule has 0 fully saturated rings. The quantitative estimate of drug-likeness (QED) is 0.241. The number of nitrogens with zero attached hydrogens (tertiary/aromatic N) is 1. The molecule has 0 aliphatic heterocycles. The summed E-state index contributed by atoms with van der Waals surface area (Å²) in [6, 6.07) is 19.1. The van der Waals surface area contributed by atoms with Gasteiger partial charge in [0.15, 0.2) is 0 Å². The topological polar surface area (TPSA) is 123 Å². The fourth-order valence-electron chi connectivity index (χ4n) is 2.85. The monoisotopic (exact) mass is 459 g/mol. The number of ether oxygens (including phenoxy) is 2. The Morgan fingerprint density at radius 2 is 1.44 bits per heavy atom. The molecule has 3 aromatic rings. The first kappa shape index (κ1) is 23.9. The zero-order chi connectivity index (χ0) is 24.5. The second kappa shape index (κ2) is 11.2. The van der Waals surface area contributed by atoms with Gasteiger partial charge in [0.1, 0.15) is 17.1 Å². The third-order valence-electron chi connectivity index (χ3n) is 4.32. The van der Waals surface area contributed by atoms with E-state index in [1.54, 1.807) is 60.7 Å². The molecule has 0 saturated carbocycles. The van der Waals surface area contributed by atoms with Gasteiger partial charge in [-0.1, -0.05) is 24.3 Å². The van der Waals surface area contributed by atoms with Crippen LogP contribution in [0.2, 0.25) is 0 Å². The third kappa shape index (κ3) is 6.60. The minimum absolute atomic E-state index is 0.0838. The third-order valence-corrected chi connectivity index (χ3v) is 4.32. The number of rotatable bonds is 7. The van der Waals surface area contributed by atoms with E-state index in [1.165, 1.54) is 32.2 Å². The molecule has 9 nitrogen and oxygen atoms in total. The second-order valence-electron chi connectivity index (χ2n) is 6.97. The van der Waals surface area contributed by atoms with Gasteiger partial charge in [-0.25, -0.2) is 10.2 Å². The van der Waals surface area contributed by atoms with Crippen molar-refractivity contribution in [3.63, 3.8) is 0 Å². The van der Waals surface area contributed by atoms with Gasteiger partial charge in [0.25, 0.3) is 5.91 Å². The Bertz CT molecular complexity index is 1250. The van der Waals surface area contributed by atoms with E-state index >= 15 is 0 Å². The summed E-state index contributed by atoms with van der Waals surface area (Å²) < 4.78 is 10.5. The molecule has 0 aliphatic carbocycles. The van der Waals surface area contributed by atoms with Gasteiger partial charge in [-0.3, -0.25) is 14.4 Å². The lowest BCUT2D eigenvalue weighted by Crippen LogP contribution is -2.18. The molecule has 3 aromatic carbocycles. The van der Waals surface area contributed by atoms with Crippen molar-refractivity contribution >= 4 is 35.7 Å². The van der Waals surface area contributed by atoms with Crippen LogP contribution in [0.3, 0.4) is 0 Å². The Balaban J connectivity index is 1.69. The van der Waals surface area contributed by atoms with Crippen LogP contribution in [0, 0.1) is 0 Å². The van der Waals surface area contributed by atoms with Crippen LogP contribution in [0.25, 0.3) is 0 Å².